The first kappa shape index (κ1) is 18.1. The van der Waals surface area contributed by atoms with Crippen LogP contribution in [0.1, 0.15) is 39.2 Å². The Kier molecular flexibility index (Phi) is 6.46. The van der Waals surface area contributed by atoms with Crippen LogP contribution in [0.25, 0.3) is 0 Å². The predicted octanol–water partition coefficient (Wildman–Crippen LogP) is 2.32. The van der Waals surface area contributed by atoms with Crippen LogP contribution in [0.4, 0.5) is 0 Å². The van der Waals surface area contributed by atoms with Crippen LogP contribution in [-0.2, 0) is 16.1 Å². The number of carbonyl (C=O) groups is 2. The summed E-state index contributed by atoms with van der Waals surface area (Å²) in [6.07, 6.45) is 0.747. The van der Waals surface area contributed by atoms with Crippen molar-refractivity contribution in [1.82, 2.24) is 10.2 Å². The van der Waals surface area contributed by atoms with E-state index in [0.29, 0.717) is 38.2 Å². The summed E-state index contributed by atoms with van der Waals surface area (Å²) in [6.45, 7) is 7.95. The molecule has 2 amide bonds. The Morgan fingerprint density at radius 1 is 1.17 bits per heavy atom. The van der Waals surface area contributed by atoms with Gasteiger partial charge in [0.25, 0.3) is 0 Å². The molecule has 2 rings (SSSR count). The Balaban J connectivity index is 1.75. The van der Waals surface area contributed by atoms with Crippen molar-refractivity contribution >= 4 is 11.8 Å². The number of ether oxygens (including phenoxy) is 2. The molecule has 1 unspecified atom stereocenters. The SMILES string of the molecule is CCN(CC)C(=O)CC(C)CC(=O)NCc1ccc2c(c1)OCO2. The molecule has 1 aromatic rings. The minimum atomic E-state index is -0.0486. The number of carbonyl (C=O) groups excluding carboxylic acids is 2. The van der Waals surface area contributed by atoms with Gasteiger partial charge in [-0.2, -0.15) is 0 Å². The number of amides is 2. The summed E-state index contributed by atoms with van der Waals surface area (Å²) >= 11 is 0. The molecule has 6 heteroatoms. The molecule has 0 saturated heterocycles. The fraction of sp³-hybridized carbons (Fsp3) is 0.556. The Morgan fingerprint density at radius 2 is 1.88 bits per heavy atom. The molecule has 132 valence electrons. The van der Waals surface area contributed by atoms with Crippen LogP contribution < -0.4 is 14.8 Å². The van der Waals surface area contributed by atoms with E-state index in [1.807, 2.05) is 39.0 Å². The number of hydrogen-bond donors (Lipinski definition) is 1. The summed E-state index contributed by atoms with van der Waals surface area (Å²) in [7, 11) is 0. The first-order chi connectivity index (χ1) is 11.5. The summed E-state index contributed by atoms with van der Waals surface area (Å²) in [4.78, 5) is 25.9. The molecule has 0 bridgehead atoms. The van der Waals surface area contributed by atoms with Gasteiger partial charge < -0.3 is 19.7 Å². The highest BCUT2D eigenvalue weighted by Crippen LogP contribution is 2.32. The maximum atomic E-state index is 12.1. The molecule has 0 saturated carbocycles. The normalized spacial score (nSPS) is 13.5. The van der Waals surface area contributed by atoms with Crippen LogP contribution in [0.5, 0.6) is 11.5 Å². The third-order valence-electron chi connectivity index (χ3n) is 4.10. The molecule has 1 N–H and O–H groups in total. The largest absolute Gasteiger partial charge is 0.454 e. The molecule has 24 heavy (non-hydrogen) atoms. The second kappa shape index (κ2) is 8.57. The minimum Gasteiger partial charge on any atom is -0.454 e. The fourth-order valence-electron chi connectivity index (χ4n) is 2.72. The summed E-state index contributed by atoms with van der Waals surface area (Å²) in [5.41, 5.74) is 0.958. The van der Waals surface area contributed by atoms with Gasteiger partial charge in [0.05, 0.1) is 0 Å². The maximum Gasteiger partial charge on any atom is 0.231 e. The number of hydrogen-bond acceptors (Lipinski definition) is 4. The first-order valence-corrected chi connectivity index (χ1v) is 8.46. The van der Waals surface area contributed by atoms with Gasteiger partial charge in [0.2, 0.25) is 18.6 Å². The van der Waals surface area contributed by atoms with Crippen molar-refractivity contribution in [3.05, 3.63) is 23.8 Å². The van der Waals surface area contributed by atoms with Crippen LogP contribution in [0, 0.1) is 5.92 Å². The molecule has 1 aliphatic heterocycles. The lowest BCUT2D eigenvalue weighted by atomic mass is 10.0. The van der Waals surface area contributed by atoms with Crippen molar-refractivity contribution in [1.29, 1.82) is 0 Å². The zero-order valence-electron chi connectivity index (χ0n) is 14.6. The lowest BCUT2D eigenvalue weighted by Gasteiger charge is -2.20. The molecule has 1 atom stereocenters. The molecule has 1 aromatic carbocycles. The second-order valence-electron chi connectivity index (χ2n) is 6.04. The van der Waals surface area contributed by atoms with Crippen LogP contribution in [0.3, 0.4) is 0 Å². The van der Waals surface area contributed by atoms with Crippen molar-refractivity contribution in [2.75, 3.05) is 19.9 Å². The summed E-state index contributed by atoms with van der Waals surface area (Å²) in [5, 5.41) is 2.89. The molecular weight excluding hydrogens is 308 g/mol. The fourth-order valence-corrected chi connectivity index (χ4v) is 2.72. The maximum absolute atomic E-state index is 12.1. The number of nitrogens with one attached hydrogen (secondary N) is 1. The average Bonchev–Trinajstić information content (AvgIpc) is 3.01. The van der Waals surface area contributed by atoms with Gasteiger partial charge in [-0.15, -0.1) is 0 Å². The van der Waals surface area contributed by atoms with Crippen molar-refractivity contribution in [2.45, 2.75) is 40.2 Å². The van der Waals surface area contributed by atoms with Gasteiger partial charge in [-0.05, 0) is 37.5 Å². The van der Waals surface area contributed by atoms with Crippen LogP contribution in [-0.4, -0.2) is 36.6 Å². The van der Waals surface area contributed by atoms with Gasteiger partial charge >= 0.3 is 0 Å². The van der Waals surface area contributed by atoms with Crippen LogP contribution >= 0.6 is 0 Å². The Labute approximate surface area is 143 Å². The third kappa shape index (κ3) is 4.88. The zero-order chi connectivity index (χ0) is 17.5. The summed E-state index contributed by atoms with van der Waals surface area (Å²) in [5.74, 6) is 1.52. The van der Waals surface area contributed by atoms with Crippen molar-refractivity contribution in [2.24, 2.45) is 5.92 Å². The Hall–Kier alpha value is -2.24. The monoisotopic (exact) mass is 334 g/mol. The molecule has 0 spiro atoms. The highest BCUT2D eigenvalue weighted by atomic mass is 16.7. The first-order valence-electron chi connectivity index (χ1n) is 8.46. The van der Waals surface area contributed by atoms with E-state index in [1.165, 1.54) is 0 Å². The third-order valence-corrected chi connectivity index (χ3v) is 4.10. The van der Waals surface area contributed by atoms with Crippen LogP contribution in [0.15, 0.2) is 18.2 Å². The average molecular weight is 334 g/mol. The van der Waals surface area contributed by atoms with Crippen molar-refractivity contribution < 1.29 is 19.1 Å². The van der Waals surface area contributed by atoms with E-state index >= 15 is 0 Å². The summed E-state index contributed by atoms with van der Waals surface area (Å²) < 4.78 is 10.6. The molecule has 0 aliphatic carbocycles. The van der Waals surface area contributed by atoms with Gasteiger partial charge in [-0.1, -0.05) is 13.0 Å². The lowest BCUT2D eigenvalue weighted by Crippen LogP contribution is -2.32. The van der Waals surface area contributed by atoms with Crippen molar-refractivity contribution in [3.63, 3.8) is 0 Å². The lowest BCUT2D eigenvalue weighted by molar-refractivity contribution is -0.132. The zero-order valence-corrected chi connectivity index (χ0v) is 14.6. The molecule has 0 radical (unpaired) electrons. The van der Waals surface area contributed by atoms with Crippen LogP contribution in [0.2, 0.25) is 0 Å². The molecule has 0 aromatic heterocycles. The summed E-state index contributed by atoms with van der Waals surface area (Å²) in [6, 6.07) is 5.62. The van der Waals surface area contributed by atoms with Gasteiger partial charge in [0.1, 0.15) is 0 Å². The number of nitrogens with zero attached hydrogens (tertiary/aromatic N) is 1. The minimum absolute atomic E-state index is 0.0230. The van der Waals surface area contributed by atoms with Crippen molar-refractivity contribution in [3.8, 4) is 11.5 Å². The van der Waals surface area contributed by atoms with E-state index in [0.717, 1.165) is 11.3 Å². The molecule has 1 heterocycles. The Bertz CT molecular complexity index is 584. The van der Waals surface area contributed by atoms with Gasteiger partial charge in [-0.3, -0.25) is 9.59 Å². The van der Waals surface area contributed by atoms with E-state index in [9.17, 15) is 9.59 Å². The second-order valence-corrected chi connectivity index (χ2v) is 6.04. The smallest absolute Gasteiger partial charge is 0.231 e. The van der Waals surface area contributed by atoms with Gasteiger partial charge in [0, 0.05) is 32.5 Å². The molecule has 6 nitrogen and oxygen atoms in total. The quantitative estimate of drug-likeness (QED) is 0.792. The van der Waals surface area contributed by atoms with Gasteiger partial charge in [-0.25, -0.2) is 0 Å². The predicted molar refractivity (Wildman–Crippen MR) is 90.7 cm³/mol. The molecule has 1 aliphatic rings. The van der Waals surface area contributed by atoms with E-state index in [-0.39, 0.29) is 24.5 Å². The van der Waals surface area contributed by atoms with E-state index in [1.54, 1.807) is 4.90 Å². The molecular formula is C18H26N2O4. The number of fused-ring (bicyclic) bond motifs is 1. The number of rotatable bonds is 8. The standard InChI is InChI=1S/C18H26N2O4/c1-4-20(5-2)18(22)9-13(3)8-17(21)19-11-14-6-7-15-16(10-14)24-12-23-15/h6-7,10,13H,4-5,8-9,11-12H2,1-3H3,(H,19,21). The Morgan fingerprint density at radius 3 is 2.58 bits per heavy atom. The van der Waals surface area contributed by atoms with Gasteiger partial charge in [0.15, 0.2) is 11.5 Å². The number of benzene rings is 1. The topological polar surface area (TPSA) is 67.9 Å². The molecule has 0 fully saturated rings. The highest BCUT2D eigenvalue weighted by molar-refractivity contribution is 5.79. The van der Waals surface area contributed by atoms with E-state index in [2.05, 4.69) is 5.32 Å². The van der Waals surface area contributed by atoms with E-state index < -0.39 is 0 Å². The highest BCUT2D eigenvalue weighted by Gasteiger charge is 2.17. The van der Waals surface area contributed by atoms with E-state index in [4.69, 9.17) is 9.47 Å².